The van der Waals surface area contributed by atoms with Crippen LogP contribution in [0.5, 0.6) is 0 Å². The van der Waals surface area contributed by atoms with Gasteiger partial charge >= 0.3 is 5.89 Å². The van der Waals surface area contributed by atoms with Crippen molar-refractivity contribution < 1.29 is 18.9 Å². The molecule has 0 spiro atoms. The van der Waals surface area contributed by atoms with Crippen molar-refractivity contribution in [3.05, 3.63) is 131 Å². The Bertz CT molecular complexity index is 1490. The second-order valence-electron chi connectivity index (χ2n) is 8.76. The Labute approximate surface area is 220 Å². The number of aromatic nitrogens is 1. The fourth-order valence-electron chi connectivity index (χ4n) is 4.30. The standard InChI is InChI=1S/C31H25ClN2O3/c32-26-14-17-29-28(19-26)34(22-31(35)36)30(37-29)18-13-23-11-15-27(16-12-23)33(20-24-7-3-1-4-8-24)21-25-9-5-2-6-10-25/h1-19H,20-22H2. The summed E-state index contributed by atoms with van der Waals surface area (Å²) < 4.78 is 7.43. The Balaban J connectivity index is 1.40. The molecule has 1 aromatic heterocycles. The fraction of sp³-hybridized carbons (Fsp3) is 0.0968. The Morgan fingerprint density at radius 1 is 0.838 bits per heavy atom. The number of nitrogens with zero attached hydrogens (tertiary/aromatic N) is 2. The molecule has 0 unspecified atom stereocenters. The third kappa shape index (κ3) is 6.08. The molecule has 37 heavy (non-hydrogen) atoms. The molecule has 4 aromatic carbocycles. The van der Waals surface area contributed by atoms with Crippen molar-refractivity contribution in [2.75, 3.05) is 4.90 Å². The fourth-order valence-corrected chi connectivity index (χ4v) is 4.47. The minimum absolute atomic E-state index is 0.333. The number of fused-ring (bicyclic) bond motifs is 1. The predicted octanol–water partition coefficient (Wildman–Crippen LogP) is 5.50. The molecule has 6 heteroatoms. The summed E-state index contributed by atoms with van der Waals surface area (Å²) in [6.45, 7) is 1.24. The molecule has 5 aromatic rings. The lowest BCUT2D eigenvalue weighted by molar-refractivity contribution is -0.672. The van der Waals surface area contributed by atoms with Gasteiger partial charge in [-0.15, -0.1) is 0 Å². The van der Waals surface area contributed by atoms with Crippen LogP contribution in [0.25, 0.3) is 23.3 Å². The first-order valence-corrected chi connectivity index (χ1v) is 12.4. The number of hydrogen-bond acceptors (Lipinski definition) is 4. The molecule has 0 bridgehead atoms. The summed E-state index contributed by atoms with van der Waals surface area (Å²) in [6, 6.07) is 34.2. The Hall–Kier alpha value is -4.35. The van der Waals surface area contributed by atoms with Crippen LogP contribution in [0.15, 0.2) is 108 Å². The molecular formula is C31H25ClN2O3. The van der Waals surface area contributed by atoms with Crippen molar-refractivity contribution in [1.82, 2.24) is 0 Å². The van der Waals surface area contributed by atoms with Crippen LogP contribution < -0.4 is 14.6 Å². The number of carboxylic acids is 1. The molecule has 0 atom stereocenters. The maximum Gasteiger partial charge on any atom is 0.374 e. The lowest BCUT2D eigenvalue weighted by atomic mass is 10.1. The lowest BCUT2D eigenvalue weighted by Crippen LogP contribution is -2.44. The van der Waals surface area contributed by atoms with Crippen LogP contribution in [0.1, 0.15) is 22.6 Å². The van der Waals surface area contributed by atoms with E-state index in [1.807, 2.05) is 30.3 Å². The Morgan fingerprint density at radius 3 is 2.05 bits per heavy atom. The van der Waals surface area contributed by atoms with Gasteiger partial charge in [0.15, 0.2) is 6.54 Å². The summed E-state index contributed by atoms with van der Waals surface area (Å²) in [7, 11) is 0. The van der Waals surface area contributed by atoms with Crippen LogP contribution in [0.2, 0.25) is 5.02 Å². The smallest absolute Gasteiger partial charge is 0.374 e. The molecule has 0 fully saturated rings. The minimum atomic E-state index is -1.20. The van der Waals surface area contributed by atoms with E-state index >= 15 is 0 Å². The molecule has 0 aliphatic carbocycles. The van der Waals surface area contributed by atoms with Crippen LogP contribution in [0, 0.1) is 0 Å². The number of oxazole rings is 1. The normalized spacial score (nSPS) is 11.3. The second kappa shape index (κ2) is 11.1. The van der Waals surface area contributed by atoms with Crippen molar-refractivity contribution in [3.8, 4) is 0 Å². The molecule has 5 nitrogen and oxygen atoms in total. The van der Waals surface area contributed by atoms with Gasteiger partial charge in [-0.3, -0.25) is 0 Å². The summed E-state index contributed by atoms with van der Waals surface area (Å²) in [6.07, 6.45) is 3.66. The molecular weight excluding hydrogens is 484 g/mol. The zero-order chi connectivity index (χ0) is 25.6. The third-order valence-electron chi connectivity index (χ3n) is 6.09. The van der Waals surface area contributed by atoms with E-state index < -0.39 is 5.97 Å². The topological polar surface area (TPSA) is 60.4 Å². The first kappa shape index (κ1) is 24.3. The SMILES string of the molecule is O=C([O-])C[n+]1c(/C=C/c2ccc(N(Cc3ccccc3)Cc3ccccc3)cc2)oc2ccc(Cl)cc21. The van der Waals surface area contributed by atoms with E-state index in [0.717, 1.165) is 24.3 Å². The first-order valence-electron chi connectivity index (χ1n) is 12.0. The molecule has 0 aliphatic heterocycles. The van der Waals surface area contributed by atoms with Crippen LogP contribution in [-0.4, -0.2) is 5.97 Å². The molecule has 0 N–H and O–H groups in total. The monoisotopic (exact) mass is 508 g/mol. The van der Waals surface area contributed by atoms with Gasteiger partial charge in [0.2, 0.25) is 5.58 Å². The number of halogens is 1. The van der Waals surface area contributed by atoms with Crippen LogP contribution in [0.4, 0.5) is 5.69 Å². The molecule has 0 aliphatic rings. The van der Waals surface area contributed by atoms with Gasteiger partial charge < -0.3 is 19.2 Å². The number of rotatable bonds is 9. The van der Waals surface area contributed by atoms with Gasteiger partial charge in [-0.2, -0.15) is 4.57 Å². The highest BCUT2D eigenvalue weighted by Gasteiger charge is 2.21. The minimum Gasteiger partial charge on any atom is -0.544 e. The number of hydrogen-bond donors (Lipinski definition) is 0. The number of aliphatic carboxylic acids is 1. The van der Waals surface area contributed by atoms with Gasteiger partial charge in [-0.05, 0) is 47.0 Å². The van der Waals surface area contributed by atoms with Gasteiger partial charge in [0.1, 0.15) is 5.97 Å². The number of carbonyl (C=O) groups is 1. The van der Waals surface area contributed by atoms with Crippen molar-refractivity contribution >= 4 is 46.5 Å². The van der Waals surface area contributed by atoms with Crippen molar-refractivity contribution in [1.29, 1.82) is 0 Å². The highest BCUT2D eigenvalue weighted by molar-refractivity contribution is 6.31. The Morgan fingerprint density at radius 2 is 1.46 bits per heavy atom. The number of benzene rings is 4. The molecule has 5 rings (SSSR count). The number of anilines is 1. The zero-order valence-electron chi connectivity index (χ0n) is 20.1. The summed E-state index contributed by atoms with van der Waals surface area (Å²) in [5.74, 6) is -0.802. The average molecular weight is 509 g/mol. The average Bonchev–Trinajstić information content (AvgIpc) is 3.24. The van der Waals surface area contributed by atoms with E-state index in [2.05, 4.69) is 65.6 Å². The van der Waals surface area contributed by atoms with Crippen LogP contribution in [-0.2, 0) is 24.4 Å². The second-order valence-corrected chi connectivity index (χ2v) is 9.20. The number of carbonyl (C=O) groups excluding carboxylic acids is 1. The maximum absolute atomic E-state index is 11.3. The van der Waals surface area contributed by atoms with E-state index in [0.29, 0.717) is 22.0 Å². The molecule has 0 saturated heterocycles. The van der Waals surface area contributed by atoms with Crippen LogP contribution in [0.3, 0.4) is 0 Å². The summed E-state index contributed by atoms with van der Waals surface area (Å²) in [5, 5.41) is 11.9. The van der Waals surface area contributed by atoms with E-state index in [1.54, 1.807) is 28.8 Å². The summed E-state index contributed by atoms with van der Waals surface area (Å²) >= 11 is 6.11. The maximum atomic E-state index is 11.3. The van der Waals surface area contributed by atoms with Crippen molar-refractivity contribution in [2.45, 2.75) is 19.6 Å². The van der Waals surface area contributed by atoms with Gasteiger partial charge in [0, 0.05) is 29.9 Å². The highest BCUT2D eigenvalue weighted by Crippen LogP contribution is 2.23. The summed E-state index contributed by atoms with van der Waals surface area (Å²) in [4.78, 5) is 13.7. The largest absolute Gasteiger partial charge is 0.544 e. The van der Waals surface area contributed by atoms with Gasteiger partial charge in [0.05, 0.1) is 6.08 Å². The highest BCUT2D eigenvalue weighted by atomic mass is 35.5. The molecule has 0 saturated carbocycles. The molecule has 0 radical (unpaired) electrons. The van der Waals surface area contributed by atoms with E-state index in [9.17, 15) is 9.90 Å². The number of carboxylic acid groups (broad SMARTS) is 1. The van der Waals surface area contributed by atoms with Crippen LogP contribution >= 0.6 is 11.6 Å². The van der Waals surface area contributed by atoms with Crippen molar-refractivity contribution in [3.63, 3.8) is 0 Å². The van der Waals surface area contributed by atoms with Crippen molar-refractivity contribution in [2.24, 2.45) is 0 Å². The zero-order valence-corrected chi connectivity index (χ0v) is 20.8. The summed E-state index contributed by atoms with van der Waals surface area (Å²) in [5.41, 5.74) is 5.70. The lowest BCUT2D eigenvalue weighted by Gasteiger charge is -2.25. The third-order valence-corrected chi connectivity index (χ3v) is 6.32. The van der Waals surface area contributed by atoms with E-state index in [-0.39, 0.29) is 6.54 Å². The van der Waals surface area contributed by atoms with E-state index in [1.165, 1.54) is 11.1 Å². The predicted molar refractivity (Wildman–Crippen MR) is 145 cm³/mol. The molecule has 0 amide bonds. The van der Waals surface area contributed by atoms with E-state index in [4.69, 9.17) is 16.0 Å². The van der Waals surface area contributed by atoms with Gasteiger partial charge in [-0.25, -0.2) is 0 Å². The van der Waals surface area contributed by atoms with Gasteiger partial charge in [0.25, 0.3) is 5.52 Å². The molecule has 1 heterocycles. The first-order chi connectivity index (χ1) is 18.0. The quantitative estimate of drug-likeness (QED) is 0.247. The Kier molecular flexibility index (Phi) is 7.33. The van der Waals surface area contributed by atoms with Gasteiger partial charge in [-0.1, -0.05) is 84.4 Å². The molecule has 184 valence electrons.